The van der Waals surface area contributed by atoms with Gasteiger partial charge in [0, 0.05) is 31.5 Å². The molecule has 1 rings (SSSR count). The molecule has 1 aromatic heterocycles. The summed E-state index contributed by atoms with van der Waals surface area (Å²) >= 11 is 0. The molecule has 1 aromatic rings. The standard InChI is InChI=1S/C13H25N3O2S/c1-4-11(5-2)10-16(6-3)19(17,18)13-7-12(8-14)15-9-13/h7,9,11,15H,4-6,8,10,14H2,1-3H3. The lowest BCUT2D eigenvalue weighted by molar-refractivity contribution is 0.339. The molecule has 0 aliphatic carbocycles. The highest BCUT2D eigenvalue weighted by Crippen LogP contribution is 2.20. The van der Waals surface area contributed by atoms with Crippen molar-refractivity contribution in [1.82, 2.24) is 9.29 Å². The van der Waals surface area contributed by atoms with E-state index in [1.54, 1.807) is 10.4 Å². The highest BCUT2D eigenvalue weighted by molar-refractivity contribution is 7.89. The third-order valence-corrected chi connectivity index (χ3v) is 5.46. The maximum absolute atomic E-state index is 12.5. The zero-order chi connectivity index (χ0) is 14.5. The number of nitrogens with two attached hydrogens (primary N) is 1. The summed E-state index contributed by atoms with van der Waals surface area (Å²) in [5, 5.41) is 0. The van der Waals surface area contributed by atoms with Crippen LogP contribution < -0.4 is 5.73 Å². The van der Waals surface area contributed by atoms with E-state index in [1.807, 2.05) is 6.92 Å². The number of sulfonamides is 1. The first-order valence-corrected chi connectivity index (χ1v) is 8.31. The number of H-pyrrole nitrogens is 1. The van der Waals surface area contributed by atoms with Gasteiger partial charge in [-0.1, -0.05) is 33.6 Å². The number of aromatic amines is 1. The Kier molecular flexibility index (Phi) is 6.03. The number of hydrogen-bond donors (Lipinski definition) is 2. The molecular formula is C13H25N3O2S. The molecular weight excluding hydrogens is 262 g/mol. The van der Waals surface area contributed by atoms with Crippen molar-refractivity contribution in [3.8, 4) is 0 Å². The molecule has 19 heavy (non-hydrogen) atoms. The van der Waals surface area contributed by atoms with Gasteiger partial charge in [0.2, 0.25) is 10.0 Å². The summed E-state index contributed by atoms with van der Waals surface area (Å²) in [4.78, 5) is 3.20. The lowest BCUT2D eigenvalue weighted by atomic mass is 10.0. The minimum absolute atomic E-state index is 0.306. The Morgan fingerprint density at radius 2 is 1.95 bits per heavy atom. The maximum atomic E-state index is 12.5. The Labute approximate surface area is 116 Å². The van der Waals surface area contributed by atoms with E-state index < -0.39 is 10.0 Å². The summed E-state index contributed by atoms with van der Waals surface area (Å²) in [6.45, 7) is 7.44. The van der Waals surface area contributed by atoms with E-state index in [0.717, 1.165) is 18.5 Å². The van der Waals surface area contributed by atoms with Gasteiger partial charge in [-0.3, -0.25) is 0 Å². The molecule has 0 aliphatic heterocycles. The lowest BCUT2D eigenvalue weighted by Crippen LogP contribution is -2.34. The average molecular weight is 287 g/mol. The fraction of sp³-hybridized carbons (Fsp3) is 0.692. The lowest BCUT2D eigenvalue weighted by Gasteiger charge is -2.24. The van der Waals surface area contributed by atoms with Gasteiger partial charge < -0.3 is 10.7 Å². The number of hydrogen-bond acceptors (Lipinski definition) is 3. The molecule has 0 atom stereocenters. The van der Waals surface area contributed by atoms with Gasteiger partial charge in [0.25, 0.3) is 0 Å². The largest absolute Gasteiger partial charge is 0.363 e. The molecule has 0 fully saturated rings. The summed E-state index contributed by atoms with van der Waals surface area (Å²) in [5.74, 6) is 0.405. The number of rotatable bonds is 8. The van der Waals surface area contributed by atoms with Crippen molar-refractivity contribution in [2.45, 2.75) is 45.1 Å². The third-order valence-electron chi connectivity index (χ3n) is 3.54. The topological polar surface area (TPSA) is 79.2 Å². The van der Waals surface area contributed by atoms with Crippen LogP contribution in [0.2, 0.25) is 0 Å². The zero-order valence-corrected chi connectivity index (χ0v) is 12.8. The van der Waals surface area contributed by atoms with E-state index in [0.29, 0.717) is 30.4 Å². The second kappa shape index (κ2) is 7.07. The molecule has 1 heterocycles. The smallest absolute Gasteiger partial charge is 0.244 e. The maximum Gasteiger partial charge on any atom is 0.244 e. The molecule has 0 amide bonds. The molecule has 3 N–H and O–H groups in total. The summed E-state index contributed by atoms with van der Waals surface area (Å²) in [6.07, 6.45) is 3.50. The molecule has 0 bridgehead atoms. The van der Waals surface area contributed by atoms with Gasteiger partial charge in [0.1, 0.15) is 0 Å². The van der Waals surface area contributed by atoms with Crippen molar-refractivity contribution in [1.29, 1.82) is 0 Å². The average Bonchev–Trinajstić information content (AvgIpc) is 2.89. The van der Waals surface area contributed by atoms with Crippen LogP contribution in [0.5, 0.6) is 0 Å². The zero-order valence-electron chi connectivity index (χ0n) is 12.0. The minimum atomic E-state index is -3.41. The highest BCUT2D eigenvalue weighted by atomic mass is 32.2. The summed E-state index contributed by atoms with van der Waals surface area (Å²) in [5.41, 5.74) is 6.23. The molecule has 0 saturated carbocycles. The van der Waals surface area contributed by atoms with Crippen molar-refractivity contribution in [3.63, 3.8) is 0 Å². The summed E-state index contributed by atoms with van der Waals surface area (Å²) in [7, 11) is -3.41. The predicted octanol–water partition coefficient (Wildman–Crippen LogP) is 1.92. The van der Waals surface area contributed by atoms with Gasteiger partial charge in [-0.05, 0) is 12.0 Å². The quantitative estimate of drug-likeness (QED) is 0.766. The van der Waals surface area contributed by atoms with Gasteiger partial charge in [0.05, 0.1) is 4.90 Å². The van der Waals surface area contributed by atoms with Gasteiger partial charge in [-0.2, -0.15) is 4.31 Å². The van der Waals surface area contributed by atoms with Crippen LogP contribution in [0.4, 0.5) is 0 Å². The Morgan fingerprint density at radius 3 is 2.37 bits per heavy atom. The summed E-state index contributed by atoms with van der Waals surface area (Å²) < 4.78 is 26.6. The van der Waals surface area contributed by atoms with Crippen LogP contribution in [-0.2, 0) is 16.6 Å². The van der Waals surface area contributed by atoms with Crippen LogP contribution in [0.3, 0.4) is 0 Å². The van der Waals surface area contributed by atoms with Crippen molar-refractivity contribution >= 4 is 10.0 Å². The molecule has 110 valence electrons. The predicted molar refractivity (Wildman–Crippen MR) is 77.2 cm³/mol. The van der Waals surface area contributed by atoms with Crippen LogP contribution in [0.25, 0.3) is 0 Å². The van der Waals surface area contributed by atoms with Crippen molar-refractivity contribution in [2.24, 2.45) is 11.7 Å². The molecule has 0 aliphatic rings. The number of nitrogens with zero attached hydrogens (tertiary/aromatic N) is 1. The molecule has 0 unspecified atom stereocenters. The first-order chi connectivity index (χ1) is 8.99. The van der Waals surface area contributed by atoms with Gasteiger partial charge in [-0.15, -0.1) is 0 Å². The summed E-state index contributed by atoms with van der Waals surface area (Å²) in [6, 6.07) is 1.62. The van der Waals surface area contributed by atoms with Gasteiger partial charge in [0.15, 0.2) is 0 Å². The van der Waals surface area contributed by atoms with Crippen LogP contribution in [-0.4, -0.2) is 30.8 Å². The molecule has 6 heteroatoms. The molecule has 0 aromatic carbocycles. The fourth-order valence-corrected chi connectivity index (χ4v) is 3.61. The molecule has 0 saturated heterocycles. The minimum Gasteiger partial charge on any atom is -0.363 e. The van der Waals surface area contributed by atoms with E-state index in [2.05, 4.69) is 18.8 Å². The second-order valence-corrected chi connectivity index (χ2v) is 6.64. The Bertz CT molecular complexity index is 478. The van der Waals surface area contributed by atoms with Crippen LogP contribution >= 0.6 is 0 Å². The van der Waals surface area contributed by atoms with Crippen LogP contribution in [0, 0.1) is 5.92 Å². The normalized spacial score (nSPS) is 12.5. The highest BCUT2D eigenvalue weighted by Gasteiger charge is 2.25. The van der Waals surface area contributed by atoms with E-state index in [-0.39, 0.29) is 0 Å². The van der Waals surface area contributed by atoms with E-state index in [9.17, 15) is 8.42 Å². The molecule has 5 nitrogen and oxygen atoms in total. The Hall–Kier alpha value is -0.850. The Morgan fingerprint density at radius 1 is 1.32 bits per heavy atom. The monoisotopic (exact) mass is 287 g/mol. The van der Waals surface area contributed by atoms with Crippen molar-refractivity contribution in [2.75, 3.05) is 13.1 Å². The molecule has 0 radical (unpaired) electrons. The van der Waals surface area contributed by atoms with Crippen molar-refractivity contribution in [3.05, 3.63) is 18.0 Å². The molecule has 0 spiro atoms. The first kappa shape index (κ1) is 16.2. The van der Waals surface area contributed by atoms with Gasteiger partial charge in [-0.25, -0.2) is 8.42 Å². The van der Waals surface area contributed by atoms with E-state index >= 15 is 0 Å². The van der Waals surface area contributed by atoms with Crippen molar-refractivity contribution < 1.29 is 8.42 Å². The second-order valence-electron chi connectivity index (χ2n) is 4.70. The fourth-order valence-electron chi connectivity index (χ4n) is 2.07. The van der Waals surface area contributed by atoms with Crippen LogP contribution in [0.15, 0.2) is 17.2 Å². The number of aromatic nitrogens is 1. The first-order valence-electron chi connectivity index (χ1n) is 6.87. The third kappa shape index (κ3) is 3.81. The Balaban J connectivity index is 2.95. The van der Waals surface area contributed by atoms with Gasteiger partial charge >= 0.3 is 0 Å². The number of nitrogens with one attached hydrogen (secondary N) is 1. The van der Waals surface area contributed by atoms with E-state index in [1.165, 1.54) is 6.20 Å². The van der Waals surface area contributed by atoms with E-state index in [4.69, 9.17) is 5.73 Å². The van der Waals surface area contributed by atoms with Crippen LogP contribution in [0.1, 0.15) is 39.3 Å². The SMILES string of the molecule is CCC(CC)CN(CC)S(=O)(=O)c1c[nH]c(CN)c1.